The van der Waals surface area contributed by atoms with Gasteiger partial charge in [0.15, 0.2) is 0 Å². The van der Waals surface area contributed by atoms with E-state index in [2.05, 4.69) is 31.4 Å². The van der Waals surface area contributed by atoms with Crippen LogP contribution in [0.25, 0.3) is 0 Å². The van der Waals surface area contributed by atoms with Gasteiger partial charge in [-0.15, -0.1) is 0 Å². The molecule has 3 nitrogen and oxygen atoms in total. The Labute approximate surface area is 105 Å². The van der Waals surface area contributed by atoms with Crippen LogP contribution >= 0.6 is 0 Å². The summed E-state index contributed by atoms with van der Waals surface area (Å²) >= 11 is 0. The monoisotopic (exact) mass is 211 g/mol. The minimum absolute atomic E-state index is 0.326. The van der Waals surface area contributed by atoms with Gasteiger partial charge in [0.05, 0.1) is 0 Å². The highest BCUT2D eigenvalue weighted by molar-refractivity contribution is 6.59. The quantitative estimate of drug-likeness (QED) is 0.317. The molecule has 1 amide bonds. The second-order valence-corrected chi connectivity index (χ2v) is 6.72. The predicted molar refractivity (Wildman–Crippen MR) is 88.3 cm³/mol. The maximum atomic E-state index is 11.4. The summed E-state index contributed by atoms with van der Waals surface area (Å²) in [4.78, 5) is 13.3. The summed E-state index contributed by atoms with van der Waals surface area (Å²) in [5, 5.41) is -1.39. The fourth-order valence-corrected chi connectivity index (χ4v) is 2.43. The molecule has 0 N–H and O–H groups in total. The standard InChI is InChI=1S/C5H17B8NO2/c6-2(7)4(10,11)16-5(12,13)3(8,9)14(2)1-15/h1H,6-13H2. The van der Waals surface area contributed by atoms with Crippen LogP contribution in [0, 0.1) is 0 Å². The third-order valence-corrected chi connectivity index (χ3v) is 4.77. The molecule has 0 aliphatic carbocycles. The van der Waals surface area contributed by atoms with Gasteiger partial charge in [0.1, 0.15) is 62.8 Å². The zero-order valence-electron chi connectivity index (χ0n) is 11.8. The molecule has 16 heavy (non-hydrogen) atoms. The highest BCUT2D eigenvalue weighted by atomic mass is 16.5. The van der Waals surface area contributed by atoms with Crippen LogP contribution in [0.2, 0.25) is 0 Å². The highest BCUT2D eigenvalue weighted by Crippen LogP contribution is 2.38. The maximum absolute atomic E-state index is 11.4. The Morgan fingerprint density at radius 1 is 0.812 bits per heavy atom. The van der Waals surface area contributed by atoms with Crippen molar-refractivity contribution in [3.8, 4) is 0 Å². The molecule has 0 aromatic carbocycles. The van der Waals surface area contributed by atoms with Crippen molar-refractivity contribution in [3.05, 3.63) is 0 Å². The third-order valence-electron chi connectivity index (χ3n) is 4.77. The van der Waals surface area contributed by atoms with Crippen molar-refractivity contribution in [1.29, 1.82) is 0 Å². The molecule has 0 saturated carbocycles. The van der Waals surface area contributed by atoms with Crippen molar-refractivity contribution in [1.82, 2.24) is 4.90 Å². The summed E-state index contributed by atoms with van der Waals surface area (Å²) in [6.45, 7) is 0. The van der Waals surface area contributed by atoms with E-state index in [4.69, 9.17) is 4.74 Å². The molecule has 1 rings (SSSR count). The zero-order valence-corrected chi connectivity index (χ0v) is 11.8. The zero-order chi connectivity index (χ0) is 13.0. The Morgan fingerprint density at radius 2 is 1.12 bits per heavy atom. The molecule has 1 fully saturated rings. The van der Waals surface area contributed by atoms with Crippen molar-refractivity contribution in [2.75, 3.05) is 0 Å². The number of rotatable bonds is 1. The van der Waals surface area contributed by atoms with E-state index in [0.717, 1.165) is 6.41 Å². The first-order chi connectivity index (χ1) is 6.90. The van der Waals surface area contributed by atoms with Gasteiger partial charge in [0.25, 0.3) is 0 Å². The molecule has 0 spiro atoms. The van der Waals surface area contributed by atoms with Crippen molar-refractivity contribution < 1.29 is 9.53 Å². The lowest BCUT2D eigenvalue weighted by Crippen LogP contribution is -2.85. The van der Waals surface area contributed by atoms with Crippen LogP contribution in [0.4, 0.5) is 0 Å². The number of hydrogen-bond acceptors (Lipinski definition) is 2. The minimum Gasteiger partial charge on any atom is -0.402 e. The van der Waals surface area contributed by atoms with E-state index in [0.29, 0.717) is 0 Å². The first kappa shape index (κ1) is 14.0. The largest absolute Gasteiger partial charge is 0.402 e. The van der Waals surface area contributed by atoms with Gasteiger partial charge in [-0.3, -0.25) is 4.79 Å². The van der Waals surface area contributed by atoms with Gasteiger partial charge < -0.3 is 9.64 Å². The van der Waals surface area contributed by atoms with Gasteiger partial charge in [-0.2, -0.15) is 0 Å². The number of ether oxygens (including phenoxy) is 1. The molecule has 0 unspecified atom stereocenters. The van der Waals surface area contributed by atoms with Crippen LogP contribution in [-0.2, 0) is 9.53 Å². The van der Waals surface area contributed by atoms with Crippen molar-refractivity contribution in [2.24, 2.45) is 0 Å². The molecular formula is C5H17B8NO2. The Hall–Kier alpha value is -0.0505. The molecule has 0 bridgehead atoms. The number of morpholine rings is 1. The fraction of sp³-hybridized carbons (Fsp3) is 0.800. The Bertz CT molecular complexity index is 290. The van der Waals surface area contributed by atoms with Crippen LogP contribution in [0.1, 0.15) is 0 Å². The van der Waals surface area contributed by atoms with Gasteiger partial charge in [0, 0.05) is 10.8 Å². The average molecular weight is 210 g/mol. The Morgan fingerprint density at radius 3 is 1.38 bits per heavy atom. The van der Waals surface area contributed by atoms with Crippen LogP contribution in [-0.4, -0.2) is 95.6 Å². The Kier molecular flexibility index (Phi) is 3.04. The van der Waals surface area contributed by atoms with E-state index >= 15 is 0 Å². The average Bonchev–Trinajstić information content (AvgIpc) is 1.99. The van der Waals surface area contributed by atoms with E-state index in [1.165, 1.54) is 0 Å². The predicted octanol–water partition coefficient (Wildman–Crippen LogP) is -8.84. The summed E-state index contributed by atoms with van der Waals surface area (Å²) in [5.74, 6) is 0. The summed E-state index contributed by atoms with van der Waals surface area (Å²) in [6, 6.07) is 0. The van der Waals surface area contributed by atoms with E-state index in [1.807, 2.05) is 36.3 Å². The second-order valence-electron chi connectivity index (χ2n) is 6.72. The van der Waals surface area contributed by atoms with Crippen molar-refractivity contribution in [3.63, 3.8) is 0 Å². The maximum Gasteiger partial charge on any atom is 0.208 e. The highest BCUT2D eigenvalue weighted by Gasteiger charge is 2.58. The van der Waals surface area contributed by atoms with Gasteiger partial charge in [0.2, 0.25) is 6.41 Å². The SMILES string of the molecule is BC1(B)OC(B)(B)C(B)(B)N(C=O)C1(B)B. The van der Waals surface area contributed by atoms with E-state index < -0.39 is 0 Å². The summed E-state index contributed by atoms with van der Waals surface area (Å²) < 4.78 is 6.22. The first-order valence-corrected chi connectivity index (χ1v) is 5.85. The van der Waals surface area contributed by atoms with Crippen LogP contribution in [0.3, 0.4) is 0 Å². The summed E-state index contributed by atoms with van der Waals surface area (Å²) in [7, 11) is 16.4. The smallest absolute Gasteiger partial charge is 0.208 e. The van der Waals surface area contributed by atoms with Gasteiger partial charge in [-0.05, 0) is 10.7 Å². The number of carbonyl (C=O) groups excluding carboxylic acids is 1. The lowest BCUT2D eigenvalue weighted by molar-refractivity contribution is -0.144. The number of amides is 1. The van der Waals surface area contributed by atoms with Crippen molar-refractivity contribution in [2.45, 2.75) is 21.5 Å². The van der Waals surface area contributed by atoms with Gasteiger partial charge in [-0.1, -0.05) is 0 Å². The molecule has 0 atom stereocenters. The van der Waals surface area contributed by atoms with Crippen molar-refractivity contribution >= 4 is 69.2 Å². The molecule has 0 aromatic heterocycles. The Balaban J connectivity index is 3.35. The van der Waals surface area contributed by atoms with Crippen LogP contribution in [0.15, 0.2) is 0 Å². The molecule has 78 valence electrons. The second kappa shape index (κ2) is 3.47. The molecular weight excluding hydrogens is 193 g/mol. The van der Waals surface area contributed by atoms with E-state index in [-0.39, 0.29) is 21.5 Å². The molecule has 0 aromatic rings. The molecule has 0 radical (unpaired) electrons. The molecule has 1 heterocycles. The fourth-order valence-electron chi connectivity index (χ4n) is 2.43. The molecule has 1 aliphatic heterocycles. The molecule has 11 heteroatoms. The lowest BCUT2D eigenvalue weighted by atomic mass is 9.30. The third kappa shape index (κ3) is 1.62. The first-order valence-electron chi connectivity index (χ1n) is 5.85. The lowest BCUT2D eigenvalue weighted by Gasteiger charge is -2.67. The van der Waals surface area contributed by atoms with E-state index in [1.54, 1.807) is 0 Å². The minimum atomic E-state index is -0.368. The van der Waals surface area contributed by atoms with E-state index in [9.17, 15) is 4.79 Å². The molecule has 1 aliphatic rings. The van der Waals surface area contributed by atoms with Gasteiger partial charge in [-0.25, -0.2) is 0 Å². The van der Waals surface area contributed by atoms with Gasteiger partial charge >= 0.3 is 0 Å². The summed E-state index contributed by atoms with van der Waals surface area (Å²) in [5.41, 5.74) is 0. The van der Waals surface area contributed by atoms with Crippen LogP contribution in [0.5, 0.6) is 0 Å². The number of hydrogen-bond donors (Lipinski definition) is 0. The normalized spacial score (nSPS) is 29.4. The number of nitrogens with zero attached hydrogens (tertiary/aromatic N) is 1. The summed E-state index contributed by atoms with van der Waals surface area (Å²) in [6.07, 6.45) is 0.950. The number of carbonyl (C=O) groups is 1. The topological polar surface area (TPSA) is 29.5 Å². The molecule has 1 saturated heterocycles. The van der Waals surface area contributed by atoms with Crippen LogP contribution < -0.4 is 0 Å².